The molecule has 116 valence electrons. The molecule has 21 heavy (non-hydrogen) atoms. The Morgan fingerprint density at radius 2 is 1.62 bits per heavy atom. The summed E-state index contributed by atoms with van der Waals surface area (Å²) in [5.41, 5.74) is -4.10. The molecule has 2 bridgehead atoms. The largest absolute Gasteiger partial charge is 0.534 e. The molecule has 0 heterocycles. The van der Waals surface area contributed by atoms with E-state index in [0.717, 1.165) is 24.8 Å². The zero-order chi connectivity index (χ0) is 15.4. The Kier molecular flexibility index (Phi) is 3.55. The fourth-order valence-corrected chi connectivity index (χ4v) is 4.11. The molecule has 2 aliphatic rings. The van der Waals surface area contributed by atoms with Crippen molar-refractivity contribution in [2.75, 3.05) is 0 Å². The lowest BCUT2D eigenvalue weighted by Crippen LogP contribution is -2.28. The number of alkyl halides is 3. The minimum atomic E-state index is -5.65. The van der Waals surface area contributed by atoms with Crippen molar-refractivity contribution in [2.24, 2.45) is 0 Å². The van der Waals surface area contributed by atoms with E-state index in [4.69, 9.17) is 3.07 Å². The minimum Gasteiger partial charge on any atom is -0.427 e. The number of hydrogen-bond acceptors (Lipinski definition) is 4. The molecule has 1 aromatic rings. The van der Waals surface area contributed by atoms with Crippen molar-refractivity contribution >= 4 is 33.1 Å². The molecule has 3 rings (SSSR count). The van der Waals surface area contributed by atoms with Crippen LogP contribution in [0.1, 0.15) is 42.2 Å². The van der Waals surface area contributed by atoms with Crippen molar-refractivity contribution < 1.29 is 28.8 Å². The van der Waals surface area contributed by atoms with Crippen LogP contribution in [0.5, 0.6) is 11.5 Å². The molecule has 0 spiro atoms. The third kappa shape index (κ3) is 2.37. The van der Waals surface area contributed by atoms with Gasteiger partial charge in [0.25, 0.3) is 0 Å². The second-order valence-corrected chi connectivity index (χ2v) is 7.13. The van der Waals surface area contributed by atoms with Gasteiger partial charge in [-0.2, -0.15) is 21.6 Å². The van der Waals surface area contributed by atoms with Gasteiger partial charge in [0.2, 0.25) is 0 Å². The van der Waals surface area contributed by atoms with Gasteiger partial charge in [-0.1, -0.05) is 0 Å². The van der Waals surface area contributed by atoms with Gasteiger partial charge in [-0.3, -0.25) is 0 Å². The molecule has 0 aromatic heterocycles. The molecule has 0 aliphatic heterocycles. The van der Waals surface area contributed by atoms with E-state index < -0.39 is 15.6 Å². The molecule has 1 aromatic carbocycles. The highest BCUT2D eigenvalue weighted by Gasteiger charge is 2.50. The predicted molar refractivity (Wildman–Crippen MR) is 76.0 cm³/mol. The normalized spacial score (nSPS) is 24.0. The lowest BCUT2D eigenvalue weighted by atomic mass is 9.90. The smallest absolute Gasteiger partial charge is 0.427 e. The number of rotatable bonds is 3. The van der Waals surface area contributed by atoms with E-state index in [9.17, 15) is 21.6 Å². The van der Waals surface area contributed by atoms with Gasteiger partial charge in [-0.15, -0.1) is 0 Å². The van der Waals surface area contributed by atoms with Crippen molar-refractivity contribution in [2.45, 2.75) is 36.6 Å². The number of halogens is 4. The molecular formula is C12H10F3IO4S. The number of benzene rings is 1. The van der Waals surface area contributed by atoms with Gasteiger partial charge in [0.05, 0.1) is 0 Å². The van der Waals surface area contributed by atoms with Crippen molar-refractivity contribution in [3.8, 4) is 11.5 Å². The summed E-state index contributed by atoms with van der Waals surface area (Å²) in [5.74, 6) is 0.572. The first-order chi connectivity index (χ1) is 9.74. The van der Waals surface area contributed by atoms with Gasteiger partial charge < -0.3 is 7.25 Å². The fraction of sp³-hybridized carbons (Fsp3) is 0.500. The summed E-state index contributed by atoms with van der Waals surface area (Å²) < 4.78 is 69.4. The van der Waals surface area contributed by atoms with Crippen LogP contribution in [0.4, 0.5) is 13.2 Å². The SMILES string of the molecule is O=S(=O)(Oc1ccc(OI)c2c1C1CCC2C1)C(F)(F)F. The molecular weight excluding hydrogens is 424 g/mol. The lowest BCUT2D eigenvalue weighted by Gasteiger charge is -2.21. The van der Waals surface area contributed by atoms with Gasteiger partial charge in [-0.25, -0.2) is 0 Å². The van der Waals surface area contributed by atoms with Crippen LogP contribution in [0.25, 0.3) is 0 Å². The maximum atomic E-state index is 12.5. The Labute approximate surface area is 133 Å². The van der Waals surface area contributed by atoms with Gasteiger partial charge in [0.15, 0.2) is 23.0 Å². The van der Waals surface area contributed by atoms with E-state index in [1.165, 1.54) is 12.1 Å². The Morgan fingerprint density at radius 1 is 1.10 bits per heavy atom. The van der Waals surface area contributed by atoms with Crippen LogP contribution in [-0.2, 0) is 10.1 Å². The topological polar surface area (TPSA) is 52.6 Å². The molecule has 0 saturated heterocycles. The molecule has 1 fully saturated rings. The summed E-state index contributed by atoms with van der Waals surface area (Å²) in [6, 6.07) is 2.68. The maximum absolute atomic E-state index is 12.5. The Morgan fingerprint density at radius 3 is 2.14 bits per heavy atom. The van der Waals surface area contributed by atoms with E-state index in [2.05, 4.69) is 4.18 Å². The summed E-state index contributed by atoms with van der Waals surface area (Å²) in [7, 11) is -5.65. The van der Waals surface area contributed by atoms with Crippen LogP contribution < -0.4 is 7.25 Å². The van der Waals surface area contributed by atoms with E-state index >= 15 is 0 Å². The van der Waals surface area contributed by atoms with Crippen molar-refractivity contribution in [1.29, 1.82) is 0 Å². The van der Waals surface area contributed by atoms with Gasteiger partial charge in [0, 0.05) is 11.1 Å². The molecule has 0 N–H and O–H groups in total. The molecule has 9 heteroatoms. The van der Waals surface area contributed by atoms with Crippen LogP contribution in [0.2, 0.25) is 0 Å². The van der Waals surface area contributed by atoms with Crippen LogP contribution in [0.3, 0.4) is 0 Å². The standard InChI is InChI=1S/C12H10F3IO4S/c13-12(14,15)21(17,18)20-9-4-3-8(19-16)10-6-1-2-7(5-6)11(9)10/h3-4,6-7H,1-2,5H2. The van der Waals surface area contributed by atoms with Crippen LogP contribution >= 0.6 is 23.0 Å². The predicted octanol–water partition coefficient (Wildman–Crippen LogP) is 4.01. The summed E-state index contributed by atoms with van der Waals surface area (Å²) in [6.07, 6.45) is 2.56. The minimum absolute atomic E-state index is 0.0370. The highest BCUT2D eigenvalue weighted by atomic mass is 127. The number of fused-ring (bicyclic) bond motifs is 5. The zero-order valence-electron chi connectivity index (χ0n) is 10.5. The summed E-state index contributed by atoms with van der Waals surface area (Å²) in [6.45, 7) is 0. The highest BCUT2D eigenvalue weighted by molar-refractivity contribution is 14.1. The molecule has 1 saturated carbocycles. The summed E-state index contributed by atoms with van der Waals surface area (Å²) >= 11 is 1.70. The third-order valence-electron chi connectivity index (χ3n) is 4.02. The maximum Gasteiger partial charge on any atom is 0.534 e. The van der Waals surface area contributed by atoms with Crippen LogP contribution in [0.15, 0.2) is 12.1 Å². The average molecular weight is 434 g/mol. The Bertz CT molecular complexity index is 686. The molecule has 2 aliphatic carbocycles. The van der Waals surface area contributed by atoms with E-state index in [1.54, 1.807) is 23.0 Å². The summed E-state index contributed by atoms with van der Waals surface area (Å²) in [5, 5.41) is 0. The first-order valence-electron chi connectivity index (χ1n) is 6.20. The molecule has 0 radical (unpaired) electrons. The molecule has 2 atom stereocenters. The zero-order valence-corrected chi connectivity index (χ0v) is 13.5. The van der Waals surface area contributed by atoms with Crippen molar-refractivity contribution in [1.82, 2.24) is 0 Å². The van der Waals surface area contributed by atoms with Crippen LogP contribution in [-0.4, -0.2) is 13.9 Å². The monoisotopic (exact) mass is 434 g/mol. The van der Waals surface area contributed by atoms with Crippen molar-refractivity contribution in [3.05, 3.63) is 23.3 Å². The molecule has 2 unspecified atom stereocenters. The Hall–Kier alpha value is -0.710. The Balaban J connectivity index is 2.07. The highest BCUT2D eigenvalue weighted by Crippen LogP contribution is 2.59. The molecule has 0 amide bonds. The van der Waals surface area contributed by atoms with Crippen LogP contribution in [0, 0.1) is 0 Å². The quantitative estimate of drug-likeness (QED) is 0.410. The first kappa shape index (κ1) is 15.2. The average Bonchev–Trinajstić information content (AvgIpc) is 2.98. The van der Waals surface area contributed by atoms with Gasteiger partial charge in [0.1, 0.15) is 11.5 Å². The number of hydrogen-bond donors (Lipinski definition) is 0. The third-order valence-corrected chi connectivity index (χ3v) is 5.46. The van der Waals surface area contributed by atoms with E-state index in [0.29, 0.717) is 11.3 Å². The molecule has 4 nitrogen and oxygen atoms in total. The van der Waals surface area contributed by atoms with Gasteiger partial charge >= 0.3 is 15.6 Å². The second kappa shape index (κ2) is 4.90. The fourth-order valence-electron chi connectivity index (χ4n) is 3.25. The second-order valence-electron chi connectivity index (χ2n) is 5.16. The van der Waals surface area contributed by atoms with Crippen molar-refractivity contribution in [3.63, 3.8) is 0 Å². The van der Waals surface area contributed by atoms with E-state index in [-0.39, 0.29) is 17.6 Å². The first-order valence-corrected chi connectivity index (χ1v) is 8.49. The lowest BCUT2D eigenvalue weighted by molar-refractivity contribution is -0.0500. The van der Waals surface area contributed by atoms with E-state index in [1.807, 2.05) is 0 Å². The summed E-state index contributed by atoms with van der Waals surface area (Å²) in [4.78, 5) is 0. The van der Waals surface area contributed by atoms with Gasteiger partial charge in [-0.05, 0) is 43.2 Å².